The lowest BCUT2D eigenvalue weighted by Gasteiger charge is -2.10. The Labute approximate surface area is 124 Å². The van der Waals surface area contributed by atoms with Crippen LogP contribution in [0.3, 0.4) is 0 Å². The maximum atomic E-state index is 12.1. The molecule has 1 atom stereocenters. The van der Waals surface area contributed by atoms with Gasteiger partial charge in [-0.25, -0.2) is 4.79 Å². The van der Waals surface area contributed by atoms with Gasteiger partial charge in [-0.05, 0) is 31.5 Å². The van der Waals surface area contributed by atoms with Gasteiger partial charge in [0.15, 0.2) is 5.76 Å². The van der Waals surface area contributed by atoms with Crippen LogP contribution in [-0.4, -0.2) is 23.0 Å². The standard InChI is InChI=1S/C14H14BrNO4/c1-3-10(14(18)19)16-13(17)12-7(2)9-6-8(15)4-5-11(9)20-12/h4-6,10H,3H2,1-2H3,(H,16,17)(H,18,19). The van der Waals surface area contributed by atoms with Gasteiger partial charge >= 0.3 is 5.97 Å². The molecule has 0 aliphatic heterocycles. The summed E-state index contributed by atoms with van der Waals surface area (Å²) in [5.41, 5.74) is 1.29. The molecule has 5 nitrogen and oxygen atoms in total. The van der Waals surface area contributed by atoms with Crippen molar-refractivity contribution in [1.29, 1.82) is 0 Å². The van der Waals surface area contributed by atoms with Crippen molar-refractivity contribution in [3.05, 3.63) is 34.0 Å². The molecule has 2 rings (SSSR count). The van der Waals surface area contributed by atoms with Crippen molar-refractivity contribution < 1.29 is 19.1 Å². The van der Waals surface area contributed by atoms with Crippen LogP contribution in [-0.2, 0) is 4.79 Å². The summed E-state index contributed by atoms with van der Waals surface area (Å²) in [5, 5.41) is 12.2. The van der Waals surface area contributed by atoms with Gasteiger partial charge in [0.25, 0.3) is 5.91 Å². The molecule has 0 saturated heterocycles. The highest BCUT2D eigenvalue weighted by Gasteiger charge is 2.23. The number of nitrogens with one attached hydrogen (secondary N) is 1. The summed E-state index contributed by atoms with van der Waals surface area (Å²) in [6.45, 7) is 3.47. The smallest absolute Gasteiger partial charge is 0.326 e. The third-order valence-electron chi connectivity index (χ3n) is 3.12. The van der Waals surface area contributed by atoms with Gasteiger partial charge in [0, 0.05) is 15.4 Å². The minimum Gasteiger partial charge on any atom is -0.480 e. The van der Waals surface area contributed by atoms with Crippen molar-refractivity contribution in [3.63, 3.8) is 0 Å². The first kappa shape index (κ1) is 14.6. The molecule has 6 heteroatoms. The van der Waals surface area contributed by atoms with Crippen LogP contribution in [0.15, 0.2) is 27.1 Å². The largest absolute Gasteiger partial charge is 0.480 e. The van der Waals surface area contributed by atoms with Gasteiger partial charge in [-0.3, -0.25) is 4.79 Å². The average Bonchev–Trinajstić information content (AvgIpc) is 2.73. The number of rotatable bonds is 4. The van der Waals surface area contributed by atoms with Crippen LogP contribution in [0.2, 0.25) is 0 Å². The van der Waals surface area contributed by atoms with Crippen LogP contribution in [0.4, 0.5) is 0 Å². The highest BCUT2D eigenvalue weighted by molar-refractivity contribution is 9.10. The number of hydrogen-bond donors (Lipinski definition) is 2. The van der Waals surface area contributed by atoms with E-state index in [1.165, 1.54) is 0 Å². The fourth-order valence-electron chi connectivity index (χ4n) is 1.97. The van der Waals surface area contributed by atoms with Crippen LogP contribution in [0.5, 0.6) is 0 Å². The lowest BCUT2D eigenvalue weighted by Crippen LogP contribution is -2.40. The Morgan fingerprint density at radius 1 is 1.45 bits per heavy atom. The van der Waals surface area contributed by atoms with Crippen molar-refractivity contribution in [2.45, 2.75) is 26.3 Å². The molecule has 0 fully saturated rings. The lowest BCUT2D eigenvalue weighted by molar-refractivity contribution is -0.139. The quantitative estimate of drug-likeness (QED) is 0.896. The van der Waals surface area contributed by atoms with E-state index in [2.05, 4.69) is 21.2 Å². The average molecular weight is 340 g/mol. The Kier molecular flexibility index (Phi) is 4.13. The first-order chi connectivity index (χ1) is 9.43. The van der Waals surface area contributed by atoms with Crippen molar-refractivity contribution in [3.8, 4) is 0 Å². The first-order valence-corrected chi connectivity index (χ1v) is 6.95. The minimum absolute atomic E-state index is 0.151. The third kappa shape index (κ3) is 2.70. The molecule has 0 spiro atoms. The number of fused-ring (bicyclic) bond motifs is 1. The number of benzene rings is 1. The summed E-state index contributed by atoms with van der Waals surface area (Å²) in [6.07, 6.45) is 0.311. The predicted octanol–water partition coefficient (Wildman–Crippen LogP) is 3.10. The number of carbonyl (C=O) groups is 2. The summed E-state index contributed by atoms with van der Waals surface area (Å²) in [5.74, 6) is -1.42. The molecule has 1 aromatic carbocycles. The van der Waals surface area contributed by atoms with Crippen molar-refractivity contribution in [2.24, 2.45) is 0 Å². The van der Waals surface area contributed by atoms with E-state index in [-0.39, 0.29) is 5.76 Å². The Balaban J connectivity index is 2.35. The van der Waals surface area contributed by atoms with Gasteiger partial charge in [0.1, 0.15) is 11.6 Å². The summed E-state index contributed by atoms with van der Waals surface area (Å²) < 4.78 is 6.40. The first-order valence-electron chi connectivity index (χ1n) is 6.16. The Bertz CT molecular complexity index is 677. The van der Waals surface area contributed by atoms with Crippen molar-refractivity contribution >= 4 is 38.8 Å². The normalized spacial score (nSPS) is 12.3. The second-order valence-electron chi connectivity index (χ2n) is 4.47. The summed E-state index contributed by atoms with van der Waals surface area (Å²) in [7, 11) is 0. The molecular formula is C14H14BrNO4. The van der Waals surface area contributed by atoms with E-state index in [1.807, 2.05) is 12.1 Å². The number of carboxylic acids is 1. The molecular weight excluding hydrogens is 326 g/mol. The second kappa shape index (κ2) is 5.66. The summed E-state index contributed by atoms with van der Waals surface area (Å²) in [4.78, 5) is 23.1. The molecule has 0 aliphatic carbocycles. The topological polar surface area (TPSA) is 79.5 Å². The number of carboxylic acid groups (broad SMARTS) is 1. The lowest BCUT2D eigenvalue weighted by atomic mass is 10.1. The Hall–Kier alpha value is -1.82. The predicted molar refractivity (Wildman–Crippen MR) is 77.8 cm³/mol. The zero-order valence-electron chi connectivity index (χ0n) is 11.1. The van der Waals surface area contributed by atoms with E-state index in [0.29, 0.717) is 17.6 Å². The van der Waals surface area contributed by atoms with Crippen LogP contribution in [0, 0.1) is 6.92 Å². The molecule has 1 aromatic heterocycles. The van der Waals surface area contributed by atoms with Crippen LogP contribution < -0.4 is 5.32 Å². The number of hydrogen-bond acceptors (Lipinski definition) is 3. The van der Waals surface area contributed by atoms with Gasteiger partial charge in [0.2, 0.25) is 0 Å². The van der Waals surface area contributed by atoms with E-state index < -0.39 is 17.9 Å². The van der Waals surface area contributed by atoms with E-state index in [0.717, 1.165) is 9.86 Å². The van der Waals surface area contributed by atoms with Crippen LogP contribution in [0.1, 0.15) is 29.5 Å². The molecule has 0 bridgehead atoms. The molecule has 1 amide bonds. The second-order valence-corrected chi connectivity index (χ2v) is 5.38. The number of amides is 1. The number of carbonyl (C=O) groups excluding carboxylic acids is 1. The molecule has 0 saturated carbocycles. The van der Waals surface area contributed by atoms with Gasteiger partial charge in [-0.15, -0.1) is 0 Å². The molecule has 1 unspecified atom stereocenters. The maximum Gasteiger partial charge on any atom is 0.326 e. The fourth-order valence-corrected chi connectivity index (χ4v) is 2.33. The summed E-state index contributed by atoms with van der Waals surface area (Å²) >= 11 is 3.36. The van der Waals surface area contributed by atoms with Crippen molar-refractivity contribution in [2.75, 3.05) is 0 Å². The Morgan fingerprint density at radius 2 is 2.15 bits per heavy atom. The van der Waals surface area contributed by atoms with E-state index in [1.54, 1.807) is 19.9 Å². The van der Waals surface area contributed by atoms with E-state index in [4.69, 9.17) is 9.52 Å². The molecule has 0 aliphatic rings. The van der Waals surface area contributed by atoms with Crippen LogP contribution >= 0.6 is 15.9 Å². The molecule has 2 aromatic rings. The highest BCUT2D eigenvalue weighted by atomic mass is 79.9. The van der Waals surface area contributed by atoms with Gasteiger partial charge in [0.05, 0.1) is 0 Å². The minimum atomic E-state index is -1.06. The zero-order chi connectivity index (χ0) is 14.9. The van der Waals surface area contributed by atoms with Crippen LogP contribution in [0.25, 0.3) is 11.0 Å². The van der Waals surface area contributed by atoms with E-state index >= 15 is 0 Å². The number of halogens is 1. The summed E-state index contributed by atoms with van der Waals surface area (Å²) in [6, 6.07) is 4.53. The molecule has 106 valence electrons. The van der Waals surface area contributed by atoms with Crippen molar-refractivity contribution in [1.82, 2.24) is 5.32 Å². The molecule has 2 N–H and O–H groups in total. The zero-order valence-corrected chi connectivity index (χ0v) is 12.7. The number of aryl methyl sites for hydroxylation is 1. The third-order valence-corrected chi connectivity index (χ3v) is 3.61. The monoisotopic (exact) mass is 339 g/mol. The highest BCUT2D eigenvalue weighted by Crippen LogP contribution is 2.28. The Morgan fingerprint density at radius 3 is 2.75 bits per heavy atom. The van der Waals surface area contributed by atoms with Gasteiger partial charge in [-0.1, -0.05) is 22.9 Å². The van der Waals surface area contributed by atoms with Gasteiger partial charge in [-0.2, -0.15) is 0 Å². The van der Waals surface area contributed by atoms with Gasteiger partial charge < -0.3 is 14.8 Å². The maximum absolute atomic E-state index is 12.1. The SMILES string of the molecule is CCC(NC(=O)c1oc2ccc(Br)cc2c1C)C(=O)O. The number of furan rings is 1. The molecule has 0 radical (unpaired) electrons. The molecule has 20 heavy (non-hydrogen) atoms. The van der Waals surface area contributed by atoms with E-state index in [9.17, 15) is 9.59 Å². The number of aliphatic carboxylic acids is 1. The fraction of sp³-hybridized carbons (Fsp3) is 0.286. The molecule has 1 heterocycles.